The zero-order valence-electron chi connectivity index (χ0n) is 13.7. The first kappa shape index (κ1) is 16.5. The second kappa shape index (κ2) is 7.05. The number of rotatable bonds is 4. The van der Waals surface area contributed by atoms with Gasteiger partial charge >= 0.3 is 5.97 Å². The van der Waals surface area contributed by atoms with Crippen molar-refractivity contribution >= 4 is 29.2 Å². The Labute approximate surface area is 144 Å². The molecule has 0 saturated carbocycles. The smallest absolute Gasteiger partial charge is 0.339 e. The van der Waals surface area contributed by atoms with E-state index in [2.05, 4.69) is 4.99 Å². The van der Waals surface area contributed by atoms with Crippen LogP contribution in [0.4, 0.5) is 5.69 Å². The van der Waals surface area contributed by atoms with E-state index in [0.29, 0.717) is 17.0 Å². The number of aromatic hydroxyl groups is 1. The van der Waals surface area contributed by atoms with Gasteiger partial charge in [-0.1, -0.05) is 6.07 Å². The molecule has 24 heavy (non-hydrogen) atoms. The van der Waals surface area contributed by atoms with Crippen LogP contribution in [-0.2, 0) is 17.6 Å². The third-order valence-electron chi connectivity index (χ3n) is 4.11. The number of thiophene rings is 1. The minimum atomic E-state index is -0.328. The average Bonchev–Trinajstić information content (AvgIpc) is 2.98. The maximum atomic E-state index is 12.2. The van der Waals surface area contributed by atoms with Gasteiger partial charge in [0, 0.05) is 11.1 Å². The van der Waals surface area contributed by atoms with Gasteiger partial charge in [-0.05, 0) is 43.4 Å². The van der Waals surface area contributed by atoms with Crippen molar-refractivity contribution in [1.29, 1.82) is 0 Å². The quantitative estimate of drug-likeness (QED) is 0.674. The summed E-state index contributed by atoms with van der Waals surface area (Å²) in [6.07, 6.45) is 5.74. The number of phenolic OH excluding ortho intramolecular Hbond substituents is 1. The fourth-order valence-electron chi connectivity index (χ4n) is 2.91. The van der Waals surface area contributed by atoms with Crippen LogP contribution in [0.15, 0.2) is 23.2 Å². The average molecular weight is 345 g/mol. The van der Waals surface area contributed by atoms with Gasteiger partial charge in [0.2, 0.25) is 0 Å². The highest BCUT2D eigenvalue weighted by Gasteiger charge is 2.25. The number of hydrogen-bond acceptors (Lipinski definition) is 6. The third kappa shape index (κ3) is 3.01. The number of nitrogens with zero attached hydrogens (tertiary/aromatic N) is 1. The van der Waals surface area contributed by atoms with Gasteiger partial charge in [0.15, 0.2) is 11.5 Å². The number of carbonyl (C=O) groups excluding carboxylic acids is 1. The summed E-state index contributed by atoms with van der Waals surface area (Å²) < 4.78 is 10.0. The van der Waals surface area contributed by atoms with Crippen molar-refractivity contribution in [3.63, 3.8) is 0 Å². The van der Waals surface area contributed by atoms with Crippen LogP contribution in [0.2, 0.25) is 0 Å². The Morgan fingerprint density at radius 3 is 2.83 bits per heavy atom. The van der Waals surface area contributed by atoms with Gasteiger partial charge in [0.05, 0.1) is 24.7 Å². The zero-order chi connectivity index (χ0) is 17.1. The Hall–Kier alpha value is -2.34. The number of para-hydroxylation sites is 1. The predicted octanol–water partition coefficient (Wildman–Crippen LogP) is 3.88. The number of aryl methyl sites for hydroxylation is 1. The molecule has 1 heterocycles. The molecule has 0 bridgehead atoms. The molecule has 1 aromatic carbocycles. The van der Waals surface area contributed by atoms with E-state index in [4.69, 9.17) is 9.47 Å². The first-order valence-electron chi connectivity index (χ1n) is 7.78. The van der Waals surface area contributed by atoms with Crippen molar-refractivity contribution in [2.24, 2.45) is 4.99 Å². The molecule has 0 spiro atoms. The maximum Gasteiger partial charge on any atom is 0.339 e. The molecule has 0 amide bonds. The van der Waals surface area contributed by atoms with Crippen molar-refractivity contribution in [3.8, 4) is 11.5 Å². The Balaban J connectivity index is 2.01. The number of aliphatic imine (C=N–C) groups is 1. The van der Waals surface area contributed by atoms with E-state index in [1.165, 1.54) is 19.1 Å². The van der Waals surface area contributed by atoms with E-state index >= 15 is 0 Å². The Morgan fingerprint density at radius 1 is 1.29 bits per heavy atom. The third-order valence-corrected chi connectivity index (χ3v) is 5.33. The van der Waals surface area contributed by atoms with Gasteiger partial charge in [-0.3, -0.25) is 4.99 Å². The van der Waals surface area contributed by atoms with E-state index in [0.717, 1.165) is 36.1 Å². The molecule has 1 N–H and O–H groups in total. The maximum absolute atomic E-state index is 12.2. The lowest BCUT2D eigenvalue weighted by atomic mass is 9.95. The fraction of sp³-hybridized carbons (Fsp3) is 0.333. The van der Waals surface area contributed by atoms with Gasteiger partial charge in [-0.2, -0.15) is 0 Å². The fourth-order valence-corrected chi connectivity index (χ4v) is 4.16. The lowest BCUT2D eigenvalue weighted by molar-refractivity contribution is 0.0599. The largest absolute Gasteiger partial charge is 0.503 e. The molecule has 5 nitrogen and oxygen atoms in total. The molecule has 0 aliphatic heterocycles. The van der Waals surface area contributed by atoms with Crippen LogP contribution in [0, 0.1) is 0 Å². The number of hydrogen-bond donors (Lipinski definition) is 1. The second-order valence-corrected chi connectivity index (χ2v) is 6.66. The number of carbonyl (C=O) groups is 1. The van der Waals surface area contributed by atoms with E-state index in [1.807, 2.05) is 0 Å². The number of benzene rings is 1. The van der Waals surface area contributed by atoms with Crippen molar-refractivity contribution in [3.05, 3.63) is 39.1 Å². The minimum absolute atomic E-state index is 0.0165. The van der Waals surface area contributed by atoms with Crippen molar-refractivity contribution in [2.45, 2.75) is 25.7 Å². The number of fused-ring (bicyclic) bond motifs is 1. The van der Waals surface area contributed by atoms with Gasteiger partial charge in [-0.15, -0.1) is 11.3 Å². The number of phenols is 1. The summed E-state index contributed by atoms with van der Waals surface area (Å²) >= 11 is 1.58. The van der Waals surface area contributed by atoms with Crippen LogP contribution in [0.5, 0.6) is 11.5 Å². The molecule has 1 aliphatic rings. The summed E-state index contributed by atoms with van der Waals surface area (Å²) in [6, 6.07) is 5.11. The standard InChI is InChI=1S/C18H19NO4S/c1-22-13-8-5-7-12(17(13)20)19-10-15-16(18(21)23-2)11-6-3-4-9-14(11)24-15/h5,7-8,10,20H,3-4,6,9H2,1-2H3. The topological polar surface area (TPSA) is 68.1 Å². The van der Waals surface area contributed by atoms with Crippen molar-refractivity contribution < 1.29 is 19.4 Å². The molecule has 0 atom stereocenters. The number of esters is 1. The van der Waals surface area contributed by atoms with Gasteiger partial charge < -0.3 is 14.6 Å². The monoisotopic (exact) mass is 345 g/mol. The molecule has 0 radical (unpaired) electrons. The molecule has 0 unspecified atom stereocenters. The summed E-state index contributed by atoms with van der Waals surface area (Å²) in [6.45, 7) is 0. The van der Waals surface area contributed by atoms with Crippen LogP contribution in [0.3, 0.4) is 0 Å². The van der Waals surface area contributed by atoms with Crippen LogP contribution in [0.1, 0.15) is 38.5 Å². The SMILES string of the molecule is COC(=O)c1c(C=Nc2cccc(OC)c2O)sc2c1CCCC2. The van der Waals surface area contributed by atoms with E-state index in [1.54, 1.807) is 35.8 Å². The van der Waals surface area contributed by atoms with E-state index in [-0.39, 0.29) is 11.7 Å². The molecule has 1 aliphatic carbocycles. The lowest BCUT2D eigenvalue weighted by Crippen LogP contribution is -2.09. The highest BCUT2D eigenvalue weighted by molar-refractivity contribution is 7.14. The molecule has 0 fully saturated rings. The lowest BCUT2D eigenvalue weighted by Gasteiger charge is -2.11. The normalized spacial score (nSPS) is 13.8. The highest BCUT2D eigenvalue weighted by Crippen LogP contribution is 2.37. The van der Waals surface area contributed by atoms with Crippen LogP contribution < -0.4 is 4.74 Å². The summed E-state index contributed by atoms with van der Waals surface area (Å²) in [5.74, 6) is 0.0196. The molecule has 3 rings (SSSR count). The number of methoxy groups -OCH3 is 2. The first-order chi connectivity index (χ1) is 11.7. The Kier molecular flexibility index (Phi) is 4.85. The van der Waals surface area contributed by atoms with Crippen molar-refractivity contribution in [1.82, 2.24) is 0 Å². The van der Waals surface area contributed by atoms with Crippen LogP contribution >= 0.6 is 11.3 Å². The summed E-state index contributed by atoms with van der Waals surface area (Å²) in [4.78, 5) is 18.6. The Morgan fingerprint density at radius 2 is 2.08 bits per heavy atom. The summed E-state index contributed by atoms with van der Waals surface area (Å²) in [7, 11) is 2.88. The Bertz CT molecular complexity index is 795. The number of ether oxygens (including phenoxy) is 2. The first-order valence-corrected chi connectivity index (χ1v) is 8.60. The van der Waals surface area contributed by atoms with Crippen LogP contribution in [0.25, 0.3) is 0 Å². The highest BCUT2D eigenvalue weighted by atomic mass is 32.1. The zero-order valence-corrected chi connectivity index (χ0v) is 14.5. The van der Waals surface area contributed by atoms with Gasteiger partial charge in [0.1, 0.15) is 5.69 Å². The van der Waals surface area contributed by atoms with E-state index < -0.39 is 0 Å². The molecule has 6 heteroatoms. The predicted molar refractivity (Wildman–Crippen MR) is 94.2 cm³/mol. The van der Waals surface area contributed by atoms with Crippen molar-refractivity contribution in [2.75, 3.05) is 14.2 Å². The molecule has 0 saturated heterocycles. The molecule has 126 valence electrons. The molecule has 1 aromatic heterocycles. The van der Waals surface area contributed by atoms with Gasteiger partial charge in [-0.25, -0.2) is 4.79 Å². The summed E-state index contributed by atoms with van der Waals surface area (Å²) in [5, 5.41) is 10.1. The van der Waals surface area contributed by atoms with E-state index in [9.17, 15) is 9.90 Å². The molecular formula is C18H19NO4S. The van der Waals surface area contributed by atoms with Crippen LogP contribution in [-0.4, -0.2) is 31.5 Å². The second-order valence-electron chi connectivity index (χ2n) is 5.53. The molecule has 2 aromatic rings. The minimum Gasteiger partial charge on any atom is -0.503 e. The summed E-state index contributed by atoms with van der Waals surface area (Å²) in [5.41, 5.74) is 2.11. The van der Waals surface area contributed by atoms with Gasteiger partial charge in [0.25, 0.3) is 0 Å². The molecular weight excluding hydrogens is 326 g/mol.